The molecule has 156 valence electrons. The average Bonchev–Trinajstić information content (AvgIpc) is 3.17. The van der Waals surface area contributed by atoms with Gasteiger partial charge in [0.2, 0.25) is 0 Å². The van der Waals surface area contributed by atoms with E-state index in [9.17, 15) is 4.79 Å². The lowest BCUT2D eigenvalue weighted by Gasteiger charge is -2.12. The van der Waals surface area contributed by atoms with Crippen LogP contribution in [-0.4, -0.2) is 25.8 Å². The molecule has 0 atom stereocenters. The molecule has 1 heterocycles. The van der Waals surface area contributed by atoms with Gasteiger partial charge in [-0.15, -0.1) is 0 Å². The predicted molar refractivity (Wildman–Crippen MR) is 124 cm³/mol. The number of ether oxygens (including phenoxy) is 2. The zero-order valence-electron chi connectivity index (χ0n) is 15.4. The molecule has 30 heavy (non-hydrogen) atoms. The molecule has 2 aromatic carbocycles. The van der Waals surface area contributed by atoms with E-state index < -0.39 is 5.91 Å². The summed E-state index contributed by atoms with van der Waals surface area (Å²) in [6.45, 7) is -0.249. The number of amides is 1. The van der Waals surface area contributed by atoms with Crippen LogP contribution in [0.1, 0.15) is 5.76 Å². The van der Waals surface area contributed by atoms with Gasteiger partial charge in [-0.25, -0.2) is 5.43 Å². The summed E-state index contributed by atoms with van der Waals surface area (Å²) in [5.41, 5.74) is 3.15. The van der Waals surface area contributed by atoms with E-state index in [1.165, 1.54) is 13.3 Å². The molecule has 0 saturated heterocycles. The Bertz CT molecular complexity index is 1100. The van der Waals surface area contributed by atoms with Crippen LogP contribution in [0.5, 0.6) is 11.5 Å². The van der Waals surface area contributed by atoms with Crippen molar-refractivity contribution in [2.75, 3.05) is 13.7 Å². The number of benzene rings is 2. The van der Waals surface area contributed by atoms with Gasteiger partial charge in [0, 0.05) is 10.0 Å². The van der Waals surface area contributed by atoms with Crippen molar-refractivity contribution >= 4 is 67.2 Å². The third kappa shape index (κ3) is 5.78. The molecule has 0 aliphatic rings. The molecule has 1 amide bonds. The highest BCUT2D eigenvalue weighted by atomic mass is 79.9. The fourth-order valence-corrected chi connectivity index (χ4v) is 3.99. The highest BCUT2D eigenvalue weighted by Crippen LogP contribution is 2.38. The highest BCUT2D eigenvalue weighted by Gasteiger charge is 2.13. The molecule has 1 N–H and O–H groups in total. The van der Waals surface area contributed by atoms with Crippen LogP contribution >= 0.6 is 55.1 Å². The summed E-state index contributed by atoms with van der Waals surface area (Å²) < 4.78 is 17.9. The van der Waals surface area contributed by atoms with Gasteiger partial charge >= 0.3 is 0 Å². The van der Waals surface area contributed by atoms with Gasteiger partial charge in [0.05, 0.1) is 27.8 Å². The first-order valence-electron chi connectivity index (χ1n) is 8.40. The molecule has 10 heteroatoms. The number of hydrogen-bond acceptors (Lipinski definition) is 5. The first-order valence-corrected chi connectivity index (χ1v) is 10.7. The first kappa shape index (κ1) is 22.7. The van der Waals surface area contributed by atoms with E-state index in [4.69, 9.17) is 37.1 Å². The topological polar surface area (TPSA) is 73.1 Å². The van der Waals surface area contributed by atoms with Crippen LogP contribution in [-0.2, 0) is 4.79 Å². The number of halogens is 4. The number of hydrogen-bond donors (Lipinski definition) is 1. The lowest BCUT2D eigenvalue weighted by atomic mass is 10.2. The Kier molecular flexibility index (Phi) is 7.82. The minimum Gasteiger partial charge on any atom is -0.493 e. The first-order chi connectivity index (χ1) is 14.4. The maximum absolute atomic E-state index is 12.0. The zero-order chi connectivity index (χ0) is 21.7. The van der Waals surface area contributed by atoms with Crippen molar-refractivity contribution in [2.45, 2.75) is 0 Å². The maximum Gasteiger partial charge on any atom is 0.277 e. The number of rotatable bonds is 7. The summed E-state index contributed by atoms with van der Waals surface area (Å²) in [5.74, 6) is 1.50. The van der Waals surface area contributed by atoms with Crippen LogP contribution in [0.25, 0.3) is 11.3 Å². The molecule has 6 nitrogen and oxygen atoms in total. The molecular weight excluding hydrogens is 563 g/mol. The molecule has 0 fully saturated rings. The van der Waals surface area contributed by atoms with E-state index in [2.05, 4.69) is 42.4 Å². The lowest BCUT2D eigenvalue weighted by Crippen LogP contribution is -2.24. The number of hydrazone groups is 1. The number of nitrogens with one attached hydrogen (secondary N) is 1. The van der Waals surface area contributed by atoms with Crippen molar-refractivity contribution < 1.29 is 18.7 Å². The van der Waals surface area contributed by atoms with E-state index in [1.54, 1.807) is 42.5 Å². The van der Waals surface area contributed by atoms with Crippen LogP contribution in [0.3, 0.4) is 0 Å². The van der Waals surface area contributed by atoms with Gasteiger partial charge in [0.1, 0.15) is 11.5 Å². The minimum absolute atomic E-state index is 0.249. The van der Waals surface area contributed by atoms with Crippen LogP contribution in [0.2, 0.25) is 10.0 Å². The quantitative estimate of drug-likeness (QED) is 0.264. The molecule has 0 saturated carbocycles. The summed E-state index contributed by atoms with van der Waals surface area (Å²) in [5, 5.41) is 4.77. The van der Waals surface area contributed by atoms with Gasteiger partial charge in [-0.2, -0.15) is 5.10 Å². The molecule has 0 aliphatic heterocycles. The highest BCUT2D eigenvalue weighted by molar-refractivity contribution is 9.11. The average molecular weight is 577 g/mol. The Hall–Kier alpha value is -2.00. The van der Waals surface area contributed by atoms with Crippen LogP contribution in [0.4, 0.5) is 0 Å². The van der Waals surface area contributed by atoms with Gasteiger partial charge in [-0.05, 0) is 58.4 Å². The summed E-state index contributed by atoms with van der Waals surface area (Å²) in [7, 11) is 1.51. The Balaban J connectivity index is 1.57. The van der Waals surface area contributed by atoms with Crippen molar-refractivity contribution in [1.29, 1.82) is 0 Å². The Labute approximate surface area is 199 Å². The van der Waals surface area contributed by atoms with E-state index in [-0.39, 0.29) is 6.61 Å². The third-order valence-corrected chi connectivity index (χ3v) is 5.54. The number of methoxy groups -OCH3 is 1. The van der Waals surface area contributed by atoms with E-state index >= 15 is 0 Å². The molecule has 1 aromatic heterocycles. The molecule has 0 aliphatic carbocycles. The standard InChI is InChI=1S/C20H14Br2Cl2N2O4/c1-28-18-8-12(21)7-14(22)20(18)29-10-19(27)26-25-9-13-3-5-17(30-13)11-2-4-15(23)16(24)6-11/h2-9H,10H2,1H3,(H,26,27). The van der Waals surface area contributed by atoms with Crippen molar-refractivity contribution in [3.63, 3.8) is 0 Å². The second kappa shape index (κ2) is 10.3. The number of carbonyl (C=O) groups excluding carboxylic acids is 1. The van der Waals surface area contributed by atoms with Crippen LogP contribution in [0.15, 0.2) is 60.9 Å². The molecular formula is C20H14Br2Cl2N2O4. The molecule has 0 radical (unpaired) electrons. The summed E-state index contributed by atoms with van der Waals surface area (Å²) in [4.78, 5) is 12.0. The van der Waals surface area contributed by atoms with Gasteiger partial charge < -0.3 is 13.9 Å². The van der Waals surface area contributed by atoms with Crippen molar-refractivity contribution in [3.8, 4) is 22.8 Å². The normalized spacial score (nSPS) is 11.0. The van der Waals surface area contributed by atoms with Crippen molar-refractivity contribution in [1.82, 2.24) is 5.43 Å². The van der Waals surface area contributed by atoms with Crippen LogP contribution in [0, 0.1) is 0 Å². The fraction of sp³-hybridized carbons (Fsp3) is 0.100. The summed E-state index contributed by atoms with van der Waals surface area (Å²) >= 11 is 18.7. The van der Waals surface area contributed by atoms with E-state index in [1.807, 2.05) is 0 Å². The number of furan rings is 1. The molecule has 0 unspecified atom stereocenters. The summed E-state index contributed by atoms with van der Waals surface area (Å²) in [6.07, 6.45) is 1.38. The van der Waals surface area contributed by atoms with Gasteiger partial charge in [-0.1, -0.05) is 39.1 Å². The van der Waals surface area contributed by atoms with Crippen LogP contribution < -0.4 is 14.9 Å². The predicted octanol–water partition coefficient (Wildman–Crippen LogP) is 6.32. The summed E-state index contributed by atoms with van der Waals surface area (Å²) in [6, 6.07) is 12.2. The Morgan fingerprint density at radius 1 is 1.17 bits per heavy atom. The van der Waals surface area contributed by atoms with Gasteiger partial charge in [-0.3, -0.25) is 4.79 Å². The fourth-order valence-electron chi connectivity index (χ4n) is 2.39. The van der Waals surface area contributed by atoms with E-state index in [0.29, 0.717) is 37.5 Å². The largest absolute Gasteiger partial charge is 0.493 e. The molecule has 0 spiro atoms. The smallest absolute Gasteiger partial charge is 0.277 e. The second-order valence-electron chi connectivity index (χ2n) is 5.83. The monoisotopic (exact) mass is 574 g/mol. The molecule has 3 aromatic rings. The van der Waals surface area contributed by atoms with Gasteiger partial charge in [0.15, 0.2) is 18.1 Å². The van der Waals surface area contributed by atoms with E-state index in [0.717, 1.165) is 10.0 Å². The van der Waals surface area contributed by atoms with Gasteiger partial charge in [0.25, 0.3) is 5.91 Å². The lowest BCUT2D eigenvalue weighted by molar-refractivity contribution is -0.123. The minimum atomic E-state index is -0.445. The molecule has 0 bridgehead atoms. The van der Waals surface area contributed by atoms with Crippen molar-refractivity contribution in [3.05, 3.63) is 67.2 Å². The third-order valence-electron chi connectivity index (χ3n) is 3.75. The number of nitrogens with zero attached hydrogens (tertiary/aromatic N) is 1. The Morgan fingerprint density at radius 3 is 2.70 bits per heavy atom. The maximum atomic E-state index is 12.0. The second-order valence-corrected chi connectivity index (χ2v) is 8.42. The SMILES string of the molecule is COc1cc(Br)cc(Br)c1OCC(=O)NN=Cc1ccc(-c2ccc(Cl)c(Cl)c2)o1. The Morgan fingerprint density at radius 2 is 1.97 bits per heavy atom. The van der Waals surface area contributed by atoms with Crippen molar-refractivity contribution in [2.24, 2.45) is 5.10 Å². The number of carbonyl (C=O) groups is 1. The zero-order valence-corrected chi connectivity index (χ0v) is 20.1. The molecule has 3 rings (SSSR count).